The molecule has 0 heterocycles. The molecule has 0 saturated carbocycles. The molecular formula is C24H22FNO3. The van der Waals surface area contributed by atoms with E-state index >= 15 is 0 Å². The van der Waals surface area contributed by atoms with Gasteiger partial charge in [0.25, 0.3) is 5.91 Å². The molecule has 0 aliphatic rings. The third-order valence-corrected chi connectivity index (χ3v) is 4.48. The fraction of sp³-hybridized carbons (Fsp3) is 0.167. The lowest BCUT2D eigenvalue weighted by Crippen LogP contribution is -2.33. The first-order valence-electron chi connectivity index (χ1n) is 9.39. The van der Waals surface area contributed by atoms with Gasteiger partial charge in [0, 0.05) is 0 Å². The lowest BCUT2D eigenvalue weighted by molar-refractivity contribution is -0.148. The standard InChI is InChI=1S/C24H22FNO3/c25-21-14-8-7-13-20(21)16-24(28)29-17-23(27)26-22(19-11-5-2-6-12-19)15-18-9-3-1-4-10-18/h1-14,22H,15-17H2,(H,26,27). The molecule has 4 nitrogen and oxygen atoms in total. The Kier molecular flexibility index (Phi) is 7.11. The second-order valence-electron chi connectivity index (χ2n) is 6.65. The molecule has 5 heteroatoms. The van der Waals surface area contributed by atoms with Crippen LogP contribution in [0.2, 0.25) is 0 Å². The molecule has 0 saturated heterocycles. The first-order chi connectivity index (χ1) is 14.1. The molecule has 0 aliphatic carbocycles. The summed E-state index contributed by atoms with van der Waals surface area (Å²) in [6.07, 6.45) is 0.395. The molecule has 29 heavy (non-hydrogen) atoms. The maximum atomic E-state index is 13.6. The van der Waals surface area contributed by atoms with E-state index in [0.717, 1.165) is 11.1 Å². The van der Waals surface area contributed by atoms with E-state index in [2.05, 4.69) is 5.32 Å². The van der Waals surface area contributed by atoms with E-state index < -0.39 is 24.3 Å². The van der Waals surface area contributed by atoms with Crippen LogP contribution in [0.3, 0.4) is 0 Å². The van der Waals surface area contributed by atoms with Crippen molar-refractivity contribution in [2.45, 2.75) is 18.9 Å². The van der Waals surface area contributed by atoms with Crippen LogP contribution in [-0.4, -0.2) is 18.5 Å². The minimum absolute atomic E-state index is 0.216. The summed E-state index contributed by atoms with van der Waals surface area (Å²) in [6, 6.07) is 25.2. The van der Waals surface area contributed by atoms with E-state index in [-0.39, 0.29) is 18.0 Å². The molecule has 0 spiro atoms. The summed E-state index contributed by atoms with van der Waals surface area (Å²) in [7, 11) is 0. The van der Waals surface area contributed by atoms with Gasteiger partial charge in [-0.2, -0.15) is 0 Å². The van der Waals surface area contributed by atoms with E-state index in [4.69, 9.17) is 4.74 Å². The van der Waals surface area contributed by atoms with Gasteiger partial charge in [-0.05, 0) is 29.2 Å². The number of nitrogens with one attached hydrogen (secondary N) is 1. The molecule has 1 N–H and O–H groups in total. The van der Waals surface area contributed by atoms with E-state index in [1.807, 2.05) is 60.7 Å². The van der Waals surface area contributed by atoms with Gasteiger partial charge in [0.05, 0.1) is 12.5 Å². The molecule has 0 aromatic heterocycles. The van der Waals surface area contributed by atoms with Crippen LogP contribution in [-0.2, 0) is 27.2 Å². The van der Waals surface area contributed by atoms with E-state index in [9.17, 15) is 14.0 Å². The number of esters is 1. The van der Waals surface area contributed by atoms with Crippen molar-refractivity contribution in [1.29, 1.82) is 0 Å². The SMILES string of the molecule is O=C(COC(=O)Cc1ccccc1F)NC(Cc1ccccc1)c1ccccc1. The summed E-state index contributed by atoms with van der Waals surface area (Å²) in [4.78, 5) is 24.3. The van der Waals surface area contributed by atoms with Crippen molar-refractivity contribution in [2.24, 2.45) is 0 Å². The van der Waals surface area contributed by atoms with Gasteiger partial charge in [0.2, 0.25) is 0 Å². The van der Waals surface area contributed by atoms with Gasteiger partial charge in [0.15, 0.2) is 6.61 Å². The largest absolute Gasteiger partial charge is 0.455 e. The summed E-state index contributed by atoms with van der Waals surface area (Å²) >= 11 is 0. The number of rotatable bonds is 8. The van der Waals surface area contributed by atoms with Crippen LogP contribution in [0, 0.1) is 5.82 Å². The zero-order valence-corrected chi connectivity index (χ0v) is 15.9. The van der Waals surface area contributed by atoms with E-state index in [1.165, 1.54) is 12.1 Å². The number of hydrogen-bond acceptors (Lipinski definition) is 3. The summed E-state index contributed by atoms with van der Waals surface area (Å²) in [5, 5.41) is 2.92. The fourth-order valence-electron chi connectivity index (χ4n) is 3.02. The summed E-state index contributed by atoms with van der Waals surface area (Å²) in [5.41, 5.74) is 2.28. The smallest absolute Gasteiger partial charge is 0.310 e. The van der Waals surface area contributed by atoms with Crippen LogP contribution < -0.4 is 5.32 Å². The molecule has 1 amide bonds. The van der Waals surface area contributed by atoms with Crippen molar-refractivity contribution < 1.29 is 18.7 Å². The number of carbonyl (C=O) groups excluding carboxylic acids is 2. The van der Waals surface area contributed by atoms with Crippen molar-refractivity contribution in [3.05, 3.63) is 107 Å². The molecule has 148 valence electrons. The number of hydrogen-bond donors (Lipinski definition) is 1. The van der Waals surface area contributed by atoms with Gasteiger partial charge in [0.1, 0.15) is 5.82 Å². The Morgan fingerprint density at radius 3 is 2.17 bits per heavy atom. The lowest BCUT2D eigenvalue weighted by Gasteiger charge is -2.19. The topological polar surface area (TPSA) is 55.4 Å². The predicted octanol–water partition coefficient (Wildman–Crippen LogP) is 4.01. The Labute approximate surface area is 169 Å². The van der Waals surface area contributed by atoms with Crippen molar-refractivity contribution in [3.8, 4) is 0 Å². The lowest BCUT2D eigenvalue weighted by atomic mass is 9.99. The molecule has 1 atom stereocenters. The zero-order valence-electron chi connectivity index (χ0n) is 15.9. The van der Waals surface area contributed by atoms with Crippen LogP contribution >= 0.6 is 0 Å². The summed E-state index contributed by atoms with van der Waals surface area (Å²) in [6.45, 7) is -0.411. The highest BCUT2D eigenvalue weighted by atomic mass is 19.1. The van der Waals surface area contributed by atoms with Crippen LogP contribution in [0.25, 0.3) is 0 Å². The number of benzene rings is 3. The number of amides is 1. The molecule has 3 aromatic rings. The van der Waals surface area contributed by atoms with Crippen LogP contribution in [0.4, 0.5) is 4.39 Å². The Bertz CT molecular complexity index is 945. The van der Waals surface area contributed by atoms with Gasteiger partial charge < -0.3 is 10.1 Å². The highest BCUT2D eigenvalue weighted by molar-refractivity contribution is 5.81. The number of carbonyl (C=O) groups is 2. The molecule has 0 fully saturated rings. The highest BCUT2D eigenvalue weighted by Gasteiger charge is 2.17. The Morgan fingerprint density at radius 2 is 1.48 bits per heavy atom. The van der Waals surface area contributed by atoms with Gasteiger partial charge >= 0.3 is 5.97 Å². The van der Waals surface area contributed by atoms with Crippen molar-refractivity contribution in [3.63, 3.8) is 0 Å². The molecule has 0 bridgehead atoms. The van der Waals surface area contributed by atoms with Crippen molar-refractivity contribution >= 4 is 11.9 Å². The third-order valence-electron chi connectivity index (χ3n) is 4.48. The average Bonchev–Trinajstić information content (AvgIpc) is 2.75. The highest BCUT2D eigenvalue weighted by Crippen LogP contribution is 2.18. The average molecular weight is 391 g/mol. The third kappa shape index (κ3) is 6.28. The van der Waals surface area contributed by atoms with Crippen molar-refractivity contribution in [1.82, 2.24) is 5.32 Å². The van der Waals surface area contributed by atoms with Gasteiger partial charge in [-0.15, -0.1) is 0 Å². The normalized spacial score (nSPS) is 11.5. The quantitative estimate of drug-likeness (QED) is 0.591. The Hall–Kier alpha value is -3.47. The second-order valence-corrected chi connectivity index (χ2v) is 6.65. The predicted molar refractivity (Wildman–Crippen MR) is 109 cm³/mol. The summed E-state index contributed by atoms with van der Waals surface area (Å²) < 4.78 is 18.7. The van der Waals surface area contributed by atoms with Crippen molar-refractivity contribution in [2.75, 3.05) is 6.61 Å². The minimum Gasteiger partial charge on any atom is -0.455 e. The molecule has 3 aromatic carbocycles. The van der Waals surface area contributed by atoms with E-state index in [1.54, 1.807) is 12.1 Å². The maximum Gasteiger partial charge on any atom is 0.310 e. The maximum absolute atomic E-state index is 13.6. The van der Waals surface area contributed by atoms with Crippen LogP contribution in [0.5, 0.6) is 0 Å². The zero-order chi connectivity index (χ0) is 20.5. The van der Waals surface area contributed by atoms with E-state index in [0.29, 0.717) is 6.42 Å². The fourth-order valence-corrected chi connectivity index (χ4v) is 3.02. The number of halogens is 1. The molecular weight excluding hydrogens is 369 g/mol. The first-order valence-corrected chi connectivity index (χ1v) is 9.39. The van der Waals surface area contributed by atoms with Gasteiger partial charge in [-0.25, -0.2) is 4.39 Å². The first kappa shape index (κ1) is 20.3. The summed E-state index contributed by atoms with van der Waals surface area (Å²) in [5.74, 6) is -1.53. The Balaban J connectivity index is 1.58. The second kappa shape index (κ2) is 10.2. The van der Waals surface area contributed by atoms with Crippen LogP contribution in [0.15, 0.2) is 84.9 Å². The minimum atomic E-state index is -0.649. The molecule has 3 rings (SSSR count). The number of ether oxygens (including phenoxy) is 1. The molecule has 0 radical (unpaired) electrons. The van der Waals surface area contributed by atoms with Gasteiger partial charge in [-0.3, -0.25) is 9.59 Å². The molecule has 0 aliphatic heterocycles. The Morgan fingerprint density at radius 1 is 0.862 bits per heavy atom. The van der Waals surface area contributed by atoms with Crippen LogP contribution in [0.1, 0.15) is 22.7 Å². The monoisotopic (exact) mass is 391 g/mol. The van der Waals surface area contributed by atoms with Gasteiger partial charge in [-0.1, -0.05) is 78.9 Å². The molecule has 1 unspecified atom stereocenters.